The first-order chi connectivity index (χ1) is 15.2. The molecule has 0 aromatic carbocycles. The van der Waals surface area contributed by atoms with Gasteiger partial charge < -0.3 is 15.0 Å². The Hall–Kier alpha value is -2.84. The number of hydrogen-bond donors (Lipinski definition) is 1. The summed E-state index contributed by atoms with van der Waals surface area (Å²) < 4.78 is 5.48. The van der Waals surface area contributed by atoms with Crippen LogP contribution < -0.4 is 5.32 Å². The zero-order valence-corrected chi connectivity index (χ0v) is 17.9. The largest absolute Gasteiger partial charge is 0.379 e. The number of nitrogens with one attached hydrogen (secondary N) is 1. The molecule has 0 unspecified atom stereocenters. The van der Waals surface area contributed by atoms with Gasteiger partial charge in [-0.15, -0.1) is 0 Å². The minimum Gasteiger partial charge on any atom is -0.379 e. The summed E-state index contributed by atoms with van der Waals surface area (Å²) in [6.07, 6.45) is 7.78. The van der Waals surface area contributed by atoms with E-state index in [4.69, 9.17) is 9.72 Å². The highest BCUT2D eigenvalue weighted by Gasteiger charge is 2.23. The SMILES string of the molecule is C=CC(=O)N1CCC[C@H](Cc2cc(CN3CCOCC3)cc(Nc3ncccn3)n2)C1. The smallest absolute Gasteiger partial charge is 0.245 e. The van der Waals surface area contributed by atoms with Crippen molar-refractivity contribution in [2.45, 2.75) is 25.8 Å². The van der Waals surface area contributed by atoms with Gasteiger partial charge in [-0.3, -0.25) is 9.69 Å². The van der Waals surface area contributed by atoms with Gasteiger partial charge in [-0.2, -0.15) is 0 Å². The Morgan fingerprint density at radius 3 is 2.81 bits per heavy atom. The van der Waals surface area contributed by atoms with Crippen LogP contribution in [0.15, 0.2) is 43.2 Å². The molecule has 2 aliphatic rings. The lowest BCUT2D eigenvalue weighted by atomic mass is 9.92. The van der Waals surface area contributed by atoms with Crippen molar-refractivity contribution in [2.24, 2.45) is 5.92 Å². The number of likely N-dealkylation sites (tertiary alicyclic amines) is 1. The number of rotatable bonds is 7. The number of amides is 1. The number of aromatic nitrogens is 3. The number of pyridine rings is 1. The van der Waals surface area contributed by atoms with E-state index in [0.717, 1.165) is 76.7 Å². The van der Waals surface area contributed by atoms with E-state index in [-0.39, 0.29) is 5.91 Å². The zero-order chi connectivity index (χ0) is 21.5. The van der Waals surface area contributed by atoms with Gasteiger partial charge in [0.25, 0.3) is 0 Å². The van der Waals surface area contributed by atoms with E-state index in [1.165, 1.54) is 11.6 Å². The second kappa shape index (κ2) is 10.5. The topological polar surface area (TPSA) is 83.5 Å². The predicted molar refractivity (Wildman–Crippen MR) is 119 cm³/mol. The fraction of sp³-hybridized carbons (Fsp3) is 0.478. The average molecular weight is 423 g/mol. The third-order valence-corrected chi connectivity index (χ3v) is 5.76. The van der Waals surface area contributed by atoms with Gasteiger partial charge in [0.05, 0.1) is 13.2 Å². The minimum atomic E-state index is 0.0160. The van der Waals surface area contributed by atoms with E-state index in [1.54, 1.807) is 18.5 Å². The van der Waals surface area contributed by atoms with Gasteiger partial charge >= 0.3 is 0 Å². The van der Waals surface area contributed by atoms with E-state index in [0.29, 0.717) is 11.9 Å². The van der Waals surface area contributed by atoms with Crippen molar-refractivity contribution in [3.8, 4) is 0 Å². The molecule has 0 radical (unpaired) electrons. The highest BCUT2D eigenvalue weighted by atomic mass is 16.5. The van der Waals surface area contributed by atoms with Crippen LogP contribution in [0.1, 0.15) is 24.1 Å². The molecule has 2 fully saturated rings. The molecule has 2 saturated heterocycles. The second-order valence-electron chi connectivity index (χ2n) is 8.14. The Bertz CT molecular complexity index is 885. The standard InChI is InChI=1S/C23H30N6O2/c1-2-22(30)29-8-3-5-18(17-29)13-20-14-19(16-28-9-11-31-12-10-28)15-21(26-20)27-23-24-6-4-7-25-23/h2,4,6-7,14-15,18H,1,3,5,8-13,16-17H2,(H,24,25,26,27)/t18-/m1/s1. The molecule has 0 bridgehead atoms. The van der Waals surface area contributed by atoms with Gasteiger partial charge in [-0.25, -0.2) is 15.0 Å². The summed E-state index contributed by atoms with van der Waals surface area (Å²) in [6.45, 7) is 9.46. The van der Waals surface area contributed by atoms with Crippen LogP contribution in [0.25, 0.3) is 0 Å². The molecular formula is C23H30N6O2. The number of carbonyl (C=O) groups is 1. The summed E-state index contributed by atoms with van der Waals surface area (Å²) >= 11 is 0. The van der Waals surface area contributed by atoms with Crippen LogP contribution in [0.2, 0.25) is 0 Å². The van der Waals surface area contributed by atoms with Crippen molar-refractivity contribution in [3.63, 3.8) is 0 Å². The molecule has 4 rings (SSSR count). The summed E-state index contributed by atoms with van der Waals surface area (Å²) in [6, 6.07) is 6.06. The molecule has 0 saturated carbocycles. The Kier molecular flexibility index (Phi) is 7.22. The first-order valence-corrected chi connectivity index (χ1v) is 10.9. The van der Waals surface area contributed by atoms with Crippen LogP contribution in [0.3, 0.4) is 0 Å². The Morgan fingerprint density at radius 2 is 2.03 bits per heavy atom. The number of nitrogens with zero attached hydrogens (tertiary/aromatic N) is 5. The molecule has 164 valence electrons. The van der Waals surface area contributed by atoms with Crippen molar-refractivity contribution in [2.75, 3.05) is 44.7 Å². The van der Waals surface area contributed by atoms with Crippen LogP contribution >= 0.6 is 0 Å². The maximum Gasteiger partial charge on any atom is 0.245 e. The van der Waals surface area contributed by atoms with Crippen molar-refractivity contribution in [1.29, 1.82) is 0 Å². The van der Waals surface area contributed by atoms with E-state index in [9.17, 15) is 4.79 Å². The number of anilines is 2. The van der Waals surface area contributed by atoms with Crippen molar-refractivity contribution < 1.29 is 9.53 Å². The Labute approximate surface area is 183 Å². The molecule has 2 aromatic rings. The molecule has 8 heteroatoms. The van der Waals surface area contributed by atoms with Gasteiger partial charge in [0.2, 0.25) is 11.9 Å². The molecule has 8 nitrogen and oxygen atoms in total. The molecule has 2 aromatic heterocycles. The average Bonchev–Trinajstić information content (AvgIpc) is 2.80. The lowest BCUT2D eigenvalue weighted by Gasteiger charge is -2.32. The number of ether oxygens (including phenoxy) is 1. The molecule has 31 heavy (non-hydrogen) atoms. The van der Waals surface area contributed by atoms with Gasteiger partial charge in [0.1, 0.15) is 5.82 Å². The maximum atomic E-state index is 12.1. The first kappa shape index (κ1) is 21.4. The number of morpholine rings is 1. The van der Waals surface area contributed by atoms with E-state index >= 15 is 0 Å². The fourth-order valence-corrected chi connectivity index (χ4v) is 4.26. The quantitative estimate of drug-likeness (QED) is 0.686. The molecule has 1 atom stereocenters. The molecule has 2 aliphatic heterocycles. The molecule has 0 spiro atoms. The number of carbonyl (C=O) groups excluding carboxylic acids is 1. The predicted octanol–water partition coefficient (Wildman–Crippen LogP) is 2.41. The third-order valence-electron chi connectivity index (χ3n) is 5.76. The normalized spacial score (nSPS) is 19.7. The molecular weight excluding hydrogens is 392 g/mol. The van der Waals surface area contributed by atoms with Crippen molar-refractivity contribution in [3.05, 3.63) is 54.5 Å². The lowest BCUT2D eigenvalue weighted by molar-refractivity contribution is -0.127. The highest BCUT2D eigenvalue weighted by molar-refractivity contribution is 5.87. The van der Waals surface area contributed by atoms with Crippen LogP contribution in [-0.4, -0.2) is 70.1 Å². The minimum absolute atomic E-state index is 0.0160. The summed E-state index contributed by atoms with van der Waals surface area (Å²) in [4.78, 5) is 29.7. The van der Waals surface area contributed by atoms with Gasteiger partial charge in [0, 0.05) is 50.8 Å². The molecule has 1 N–H and O–H groups in total. The lowest BCUT2D eigenvalue weighted by Crippen LogP contribution is -2.39. The molecule has 4 heterocycles. The van der Waals surface area contributed by atoms with Crippen LogP contribution in [0.5, 0.6) is 0 Å². The van der Waals surface area contributed by atoms with Gasteiger partial charge in [0.15, 0.2) is 0 Å². The Balaban J connectivity index is 1.51. The maximum absolute atomic E-state index is 12.1. The molecule has 0 aliphatic carbocycles. The molecule has 1 amide bonds. The van der Waals surface area contributed by atoms with E-state index < -0.39 is 0 Å². The summed E-state index contributed by atoms with van der Waals surface area (Å²) in [5.74, 6) is 1.69. The number of hydrogen-bond acceptors (Lipinski definition) is 7. The van der Waals surface area contributed by atoms with Crippen molar-refractivity contribution >= 4 is 17.7 Å². The van der Waals surface area contributed by atoms with E-state index in [2.05, 4.69) is 38.9 Å². The monoisotopic (exact) mass is 422 g/mol. The van der Waals surface area contributed by atoms with Crippen LogP contribution in [-0.2, 0) is 22.5 Å². The Morgan fingerprint density at radius 1 is 1.23 bits per heavy atom. The van der Waals surface area contributed by atoms with Gasteiger partial charge in [-0.05, 0) is 55.0 Å². The second-order valence-corrected chi connectivity index (χ2v) is 8.14. The first-order valence-electron chi connectivity index (χ1n) is 10.9. The summed E-state index contributed by atoms with van der Waals surface area (Å²) in [5.41, 5.74) is 2.24. The van der Waals surface area contributed by atoms with Gasteiger partial charge in [-0.1, -0.05) is 6.58 Å². The highest BCUT2D eigenvalue weighted by Crippen LogP contribution is 2.23. The van der Waals surface area contributed by atoms with E-state index in [1.807, 2.05) is 4.90 Å². The fourth-order valence-electron chi connectivity index (χ4n) is 4.26. The third kappa shape index (κ3) is 6.08. The van der Waals surface area contributed by atoms with Crippen LogP contribution in [0.4, 0.5) is 11.8 Å². The zero-order valence-electron chi connectivity index (χ0n) is 17.9. The summed E-state index contributed by atoms with van der Waals surface area (Å²) in [5, 5.41) is 3.24. The van der Waals surface area contributed by atoms with Crippen LogP contribution in [0, 0.1) is 5.92 Å². The van der Waals surface area contributed by atoms with Crippen molar-refractivity contribution in [1.82, 2.24) is 24.8 Å². The number of piperidine rings is 1. The summed E-state index contributed by atoms with van der Waals surface area (Å²) in [7, 11) is 0.